The second-order valence-electron chi connectivity index (χ2n) is 7.74. The van der Waals surface area contributed by atoms with E-state index in [-0.39, 0.29) is 17.9 Å². The van der Waals surface area contributed by atoms with Crippen LogP contribution in [0, 0.1) is 5.82 Å². The Morgan fingerprint density at radius 2 is 2.00 bits per heavy atom. The summed E-state index contributed by atoms with van der Waals surface area (Å²) in [5.41, 5.74) is 1.80. The van der Waals surface area contributed by atoms with Crippen LogP contribution in [0.5, 0.6) is 0 Å². The summed E-state index contributed by atoms with van der Waals surface area (Å²) in [6.45, 7) is 1.36. The van der Waals surface area contributed by atoms with E-state index in [4.69, 9.17) is 4.74 Å². The fourth-order valence-corrected chi connectivity index (χ4v) is 3.71. The number of esters is 1. The van der Waals surface area contributed by atoms with E-state index in [0.717, 1.165) is 24.3 Å². The van der Waals surface area contributed by atoms with Crippen molar-refractivity contribution < 1.29 is 18.7 Å². The highest BCUT2D eigenvalue weighted by atomic mass is 19.1. The van der Waals surface area contributed by atoms with Gasteiger partial charge in [0.25, 0.3) is 0 Å². The number of anilines is 2. The van der Waals surface area contributed by atoms with E-state index in [9.17, 15) is 14.0 Å². The Morgan fingerprint density at radius 3 is 2.79 bits per heavy atom. The molecule has 33 heavy (non-hydrogen) atoms. The molecule has 0 bridgehead atoms. The van der Waals surface area contributed by atoms with Crippen molar-refractivity contribution in [3.63, 3.8) is 0 Å². The van der Waals surface area contributed by atoms with Gasteiger partial charge in [0.15, 0.2) is 0 Å². The first-order valence-corrected chi connectivity index (χ1v) is 10.6. The van der Waals surface area contributed by atoms with Gasteiger partial charge in [-0.15, -0.1) is 0 Å². The van der Waals surface area contributed by atoms with Crippen molar-refractivity contribution in [1.82, 2.24) is 15.3 Å². The van der Waals surface area contributed by atoms with E-state index < -0.39 is 5.97 Å². The van der Waals surface area contributed by atoms with Gasteiger partial charge in [-0.05, 0) is 48.4 Å². The van der Waals surface area contributed by atoms with Crippen molar-refractivity contribution in [2.45, 2.75) is 18.9 Å². The number of methoxy groups -OCH3 is 1. The van der Waals surface area contributed by atoms with Crippen LogP contribution in [0.25, 0.3) is 0 Å². The molecule has 9 heteroatoms. The minimum Gasteiger partial charge on any atom is -0.465 e. The lowest BCUT2D eigenvalue weighted by molar-refractivity contribution is 0.0600. The second-order valence-corrected chi connectivity index (χ2v) is 7.74. The van der Waals surface area contributed by atoms with Crippen LogP contribution in [0.3, 0.4) is 0 Å². The fourth-order valence-electron chi connectivity index (χ4n) is 3.71. The number of nitrogens with zero attached hydrogens (tertiary/aromatic N) is 3. The maximum atomic E-state index is 13.1. The van der Waals surface area contributed by atoms with Crippen LogP contribution < -0.4 is 15.5 Å². The molecule has 0 aliphatic carbocycles. The standard InChI is InChI=1S/C24H24FN5O3/c1-33-23(31)17-3-2-4-19(14-17)27-24(32)28-20-10-12-30(15-20)22-9-11-26-21(29-22)13-16-5-7-18(25)8-6-16/h2-9,11,14,20H,10,12-13,15H2,1H3,(H2,27,28,32). The maximum absolute atomic E-state index is 13.1. The smallest absolute Gasteiger partial charge is 0.337 e. The molecule has 1 saturated heterocycles. The summed E-state index contributed by atoms with van der Waals surface area (Å²) >= 11 is 0. The fraction of sp³-hybridized carbons (Fsp3) is 0.250. The van der Waals surface area contributed by atoms with Crippen LogP contribution in [0.1, 0.15) is 28.2 Å². The Hall–Kier alpha value is -4.01. The molecule has 1 atom stereocenters. The first kappa shape index (κ1) is 22.2. The predicted octanol–water partition coefficient (Wildman–Crippen LogP) is 3.39. The Kier molecular flexibility index (Phi) is 6.77. The van der Waals surface area contributed by atoms with Gasteiger partial charge in [0.05, 0.1) is 12.7 Å². The van der Waals surface area contributed by atoms with Crippen molar-refractivity contribution in [3.05, 3.63) is 83.6 Å². The zero-order valence-corrected chi connectivity index (χ0v) is 18.1. The molecule has 8 nitrogen and oxygen atoms in total. The number of rotatable bonds is 6. The molecule has 0 radical (unpaired) electrons. The quantitative estimate of drug-likeness (QED) is 0.560. The number of carbonyl (C=O) groups excluding carboxylic acids is 2. The molecule has 2 aromatic carbocycles. The summed E-state index contributed by atoms with van der Waals surface area (Å²) in [7, 11) is 1.31. The van der Waals surface area contributed by atoms with Crippen molar-refractivity contribution in [2.75, 3.05) is 30.4 Å². The number of nitrogens with one attached hydrogen (secondary N) is 2. The van der Waals surface area contributed by atoms with E-state index in [1.165, 1.54) is 19.2 Å². The zero-order valence-electron chi connectivity index (χ0n) is 18.1. The molecule has 0 saturated carbocycles. The molecular formula is C24H24FN5O3. The largest absolute Gasteiger partial charge is 0.465 e. The van der Waals surface area contributed by atoms with Gasteiger partial charge in [-0.1, -0.05) is 18.2 Å². The lowest BCUT2D eigenvalue weighted by atomic mass is 10.1. The van der Waals surface area contributed by atoms with Gasteiger partial charge in [0, 0.05) is 37.4 Å². The molecule has 1 aromatic heterocycles. The van der Waals surface area contributed by atoms with E-state index in [2.05, 4.69) is 25.5 Å². The minimum absolute atomic E-state index is 0.0516. The van der Waals surface area contributed by atoms with Gasteiger partial charge in [-0.25, -0.2) is 23.9 Å². The number of aromatic nitrogens is 2. The summed E-state index contributed by atoms with van der Waals surface area (Å²) in [5.74, 6) is 0.703. The first-order chi connectivity index (χ1) is 16.0. The number of ether oxygens (including phenoxy) is 1. The van der Waals surface area contributed by atoms with E-state index in [0.29, 0.717) is 30.0 Å². The molecule has 3 aromatic rings. The number of hydrogen-bond donors (Lipinski definition) is 2. The minimum atomic E-state index is -0.464. The summed E-state index contributed by atoms with van der Waals surface area (Å²) < 4.78 is 17.8. The Bertz CT molecular complexity index is 1140. The third kappa shape index (κ3) is 5.82. The van der Waals surface area contributed by atoms with Crippen LogP contribution in [0.15, 0.2) is 60.8 Å². The number of urea groups is 1. The average molecular weight is 449 g/mol. The van der Waals surface area contributed by atoms with Crippen LogP contribution in [-0.2, 0) is 11.2 Å². The van der Waals surface area contributed by atoms with Crippen LogP contribution in [-0.4, -0.2) is 48.2 Å². The summed E-state index contributed by atoms with van der Waals surface area (Å²) in [4.78, 5) is 35.2. The molecule has 0 spiro atoms. The summed E-state index contributed by atoms with van der Waals surface area (Å²) in [5, 5.41) is 5.72. The van der Waals surface area contributed by atoms with E-state index >= 15 is 0 Å². The molecule has 4 rings (SSSR count). The number of benzene rings is 2. The molecule has 1 fully saturated rings. The van der Waals surface area contributed by atoms with Crippen LogP contribution >= 0.6 is 0 Å². The van der Waals surface area contributed by atoms with Crippen molar-refractivity contribution in [2.24, 2.45) is 0 Å². The normalized spacial score (nSPS) is 15.2. The summed E-state index contributed by atoms with van der Waals surface area (Å²) in [6.07, 6.45) is 2.99. The van der Waals surface area contributed by atoms with Crippen molar-refractivity contribution in [3.8, 4) is 0 Å². The Balaban J connectivity index is 1.32. The monoisotopic (exact) mass is 449 g/mol. The third-order valence-electron chi connectivity index (χ3n) is 5.36. The molecule has 2 N–H and O–H groups in total. The highest BCUT2D eigenvalue weighted by molar-refractivity contribution is 5.94. The lowest BCUT2D eigenvalue weighted by Crippen LogP contribution is -2.39. The van der Waals surface area contributed by atoms with Crippen LogP contribution in [0.2, 0.25) is 0 Å². The number of amides is 2. The molecule has 1 unspecified atom stereocenters. The van der Waals surface area contributed by atoms with Gasteiger partial charge < -0.3 is 20.3 Å². The van der Waals surface area contributed by atoms with E-state index in [1.807, 2.05) is 6.07 Å². The molecule has 2 heterocycles. The number of carbonyl (C=O) groups is 2. The molecular weight excluding hydrogens is 425 g/mol. The highest BCUT2D eigenvalue weighted by Crippen LogP contribution is 2.19. The summed E-state index contributed by atoms with van der Waals surface area (Å²) in [6, 6.07) is 14.3. The van der Waals surface area contributed by atoms with Crippen LogP contribution in [0.4, 0.5) is 20.7 Å². The van der Waals surface area contributed by atoms with Crippen molar-refractivity contribution >= 4 is 23.5 Å². The Morgan fingerprint density at radius 1 is 1.18 bits per heavy atom. The van der Waals surface area contributed by atoms with Crippen molar-refractivity contribution in [1.29, 1.82) is 0 Å². The molecule has 1 aliphatic heterocycles. The third-order valence-corrected chi connectivity index (χ3v) is 5.36. The van der Waals surface area contributed by atoms with Gasteiger partial charge in [0.1, 0.15) is 17.5 Å². The molecule has 2 amide bonds. The zero-order chi connectivity index (χ0) is 23.2. The van der Waals surface area contributed by atoms with Gasteiger partial charge >= 0.3 is 12.0 Å². The van der Waals surface area contributed by atoms with Gasteiger partial charge in [-0.3, -0.25) is 0 Å². The SMILES string of the molecule is COC(=O)c1cccc(NC(=O)NC2CCN(c3ccnc(Cc4ccc(F)cc4)n3)C2)c1. The van der Waals surface area contributed by atoms with Gasteiger partial charge in [-0.2, -0.15) is 0 Å². The highest BCUT2D eigenvalue weighted by Gasteiger charge is 2.25. The lowest BCUT2D eigenvalue weighted by Gasteiger charge is -2.18. The maximum Gasteiger partial charge on any atom is 0.337 e. The topological polar surface area (TPSA) is 96.4 Å². The molecule has 170 valence electrons. The number of hydrogen-bond acceptors (Lipinski definition) is 6. The predicted molar refractivity (Wildman–Crippen MR) is 122 cm³/mol. The second kappa shape index (κ2) is 10.1. The first-order valence-electron chi connectivity index (χ1n) is 10.6. The number of halogens is 1. The molecule has 1 aliphatic rings. The average Bonchev–Trinajstić information content (AvgIpc) is 3.29. The van der Waals surface area contributed by atoms with E-state index in [1.54, 1.807) is 42.6 Å². The Labute approximate surface area is 190 Å². The van der Waals surface area contributed by atoms with Gasteiger partial charge in [0.2, 0.25) is 0 Å².